The molecule has 5 nitrogen and oxygen atoms in total. The number of ether oxygens (including phenoxy) is 1. The molecule has 0 saturated carbocycles. The lowest BCUT2D eigenvalue weighted by Crippen LogP contribution is -2.51. The molecule has 1 amide bonds. The minimum Gasteiger partial charge on any atom is -0.445 e. The van der Waals surface area contributed by atoms with Crippen LogP contribution in [0.4, 0.5) is 4.79 Å². The van der Waals surface area contributed by atoms with Crippen LogP contribution >= 0.6 is 0 Å². The van der Waals surface area contributed by atoms with Crippen molar-refractivity contribution in [3.8, 4) is 0 Å². The normalized spacial score (nSPS) is 17.8. The van der Waals surface area contributed by atoms with Crippen molar-refractivity contribution in [1.29, 1.82) is 0 Å². The molecule has 1 aromatic rings. The SMILES string of the molecule is C[C@@H](N)CN1CCN(C(=O)OCc2ccccc2)CC1. The Morgan fingerprint density at radius 2 is 1.90 bits per heavy atom. The van der Waals surface area contributed by atoms with Crippen LogP contribution in [0.1, 0.15) is 12.5 Å². The smallest absolute Gasteiger partial charge is 0.410 e. The molecule has 0 aliphatic carbocycles. The van der Waals surface area contributed by atoms with Crippen LogP contribution in [0.2, 0.25) is 0 Å². The van der Waals surface area contributed by atoms with E-state index in [0.717, 1.165) is 25.2 Å². The maximum atomic E-state index is 12.0. The van der Waals surface area contributed by atoms with Crippen molar-refractivity contribution >= 4 is 6.09 Å². The Kier molecular flexibility index (Phi) is 5.38. The number of piperazine rings is 1. The molecule has 110 valence electrons. The Bertz CT molecular complexity index is 414. The largest absolute Gasteiger partial charge is 0.445 e. The molecular formula is C15H23N3O2. The van der Waals surface area contributed by atoms with E-state index in [2.05, 4.69) is 4.90 Å². The van der Waals surface area contributed by atoms with Crippen molar-refractivity contribution in [3.05, 3.63) is 35.9 Å². The van der Waals surface area contributed by atoms with Crippen LogP contribution in [0.3, 0.4) is 0 Å². The lowest BCUT2D eigenvalue weighted by molar-refractivity contribution is 0.0708. The van der Waals surface area contributed by atoms with E-state index >= 15 is 0 Å². The number of rotatable bonds is 4. The van der Waals surface area contributed by atoms with Crippen molar-refractivity contribution in [2.24, 2.45) is 5.73 Å². The van der Waals surface area contributed by atoms with Gasteiger partial charge < -0.3 is 15.4 Å². The molecule has 2 rings (SSSR count). The fourth-order valence-electron chi connectivity index (χ4n) is 2.33. The van der Waals surface area contributed by atoms with E-state index in [1.165, 1.54) is 0 Å². The molecule has 1 fully saturated rings. The minimum absolute atomic E-state index is 0.173. The molecule has 5 heteroatoms. The van der Waals surface area contributed by atoms with Gasteiger partial charge in [0.1, 0.15) is 6.61 Å². The van der Waals surface area contributed by atoms with Crippen LogP contribution in [-0.4, -0.2) is 54.7 Å². The zero-order valence-corrected chi connectivity index (χ0v) is 12.0. The summed E-state index contributed by atoms with van der Waals surface area (Å²) in [5, 5.41) is 0. The van der Waals surface area contributed by atoms with E-state index in [4.69, 9.17) is 10.5 Å². The third-order valence-corrected chi connectivity index (χ3v) is 3.38. The van der Waals surface area contributed by atoms with Gasteiger partial charge in [-0.15, -0.1) is 0 Å². The molecule has 0 unspecified atom stereocenters. The fourth-order valence-corrected chi connectivity index (χ4v) is 2.33. The average Bonchev–Trinajstić information content (AvgIpc) is 2.46. The first-order valence-corrected chi connectivity index (χ1v) is 7.08. The van der Waals surface area contributed by atoms with Gasteiger partial charge in [0.05, 0.1) is 0 Å². The minimum atomic E-state index is -0.227. The molecular weight excluding hydrogens is 254 g/mol. The summed E-state index contributed by atoms with van der Waals surface area (Å²) in [4.78, 5) is 16.0. The Balaban J connectivity index is 1.72. The summed E-state index contributed by atoms with van der Waals surface area (Å²) in [6.07, 6.45) is -0.227. The predicted molar refractivity (Wildman–Crippen MR) is 78.3 cm³/mol. The second-order valence-corrected chi connectivity index (χ2v) is 5.31. The standard InChI is InChI=1S/C15H23N3O2/c1-13(16)11-17-7-9-18(10-8-17)15(19)20-12-14-5-3-2-4-6-14/h2-6,13H,7-12,16H2,1H3/t13-/m1/s1. The molecule has 1 aromatic carbocycles. The van der Waals surface area contributed by atoms with Crippen molar-refractivity contribution in [3.63, 3.8) is 0 Å². The predicted octanol–water partition coefficient (Wildman–Crippen LogP) is 1.29. The van der Waals surface area contributed by atoms with Gasteiger partial charge in [-0.25, -0.2) is 4.79 Å². The number of amides is 1. The molecule has 0 bridgehead atoms. The highest BCUT2D eigenvalue weighted by Gasteiger charge is 2.22. The van der Waals surface area contributed by atoms with Crippen LogP contribution in [-0.2, 0) is 11.3 Å². The van der Waals surface area contributed by atoms with Gasteiger partial charge in [-0.3, -0.25) is 4.90 Å². The highest BCUT2D eigenvalue weighted by atomic mass is 16.6. The summed E-state index contributed by atoms with van der Waals surface area (Å²) in [6.45, 7) is 6.36. The van der Waals surface area contributed by atoms with E-state index in [0.29, 0.717) is 19.7 Å². The first kappa shape index (κ1) is 14.8. The molecule has 0 aromatic heterocycles. The first-order valence-electron chi connectivity index (χ1n) is 7.08. The maximum absolute atomic E-state index is 12.0. The molecule has 1 atom stereocenters. The lowest BCUT2D eigenvalue weighted by Gasteiger charge is -2.34. The first-order chi connectivity index (χ1) is 9.65. The third kappa shape index (κ3) is 4.51. The van der Waals surface area contributed by atoms with Gasteiger partial charge in [0.2, 0.25) is 0 Å². The molecule has 1 heterocycles. The Hall–Kier alpha value is -1.59. The zero-order valence-electron chi connectivity index (χ0n) is 12.0. The van der Waals surface area contributed by atoms with E-state index < -0.39 is 0 Å². The van der Waals surface area contributed by atoms with Crippen LogP contribution in [0, 0.1) is 0 Å². The van der Waals surface area contributed by atoms with Gasteiger partial charge in [0, 0.05) is 38.8 Å². The molecule has 1 aliphatic heterocycles. The monoisotopic (exact) mass is 277 g/mol. The molecule has 1 saturated heterocycles. The van der Waals surface area contributed by atoms with Crippen LogP contribution in [0.25, 0.3) is 0 Å². The van der Waals surface area contributed by atoms with Gasteiger partial charge in [-0.1, -0.05) is 30.3 Å². The average molecular weight is 277 g/mol. The second kappa shape index (κ2) is 7.26. The molecule has 20 heavy (non-hydrogen) atoms. The topological polar surface area (TPSA) is 58.8 Å². The fraction of sp³-hybridized carbons (Fsp3) is 0.533. The number of carbonyl (C=O) groups excluding carboxylic acids is 1. The summed E-state index contributed by atoms with van der Waals surface area (Å²) in [6, 6.07) is 9.91. The number of hydrogen-bond acceptors (Lipinski definition) is 4. The van der Waals surface area contributed by atoms with Crippen LogP contribution in [0.5, 0.6) is 0 Å². The third-order valence-electron chi connectivity index (χ3n) is 3.38. The number of nitrogens with zero attached hydrogens (tertiary/aromatic N) is 2. The molecule has 0 spiro atoms. The molecule has 0 radical (unpaired) electrons. The van der Waals surface area contributed by atoms with Gasteiger partial charge in [-0.05, 0) is 12.5 Å². The lowest BCUT2D eigenvalue weighted by atomic mass is 10.2. The van der Waals surface area contributed by atoms with Gasteiger partial charge in [-0.2, -0.15) is 0 Å². The van der Waals surface area contributed by atoms with Gasteiger partial charge in [0.25, 0.3) is 0 Å². The van der Waals surface area contributed by atoms with Crippen molar-refractivity contribution in [1.82, 2.24) is 9.80 Å². The summed E-state index contributed by atoms with van der Waals surface area (Å²) < 4.78 is 5.33. The van der Waals surface area contributed by atoms with Gasteiger partial charge >= 0.3 is 6.09 Å². The summed E-state index contributed by atoms with van der Waals surface area (Å²) in [7, 11) is 0. The van der Waals surface area contributed by atoms with Crippen molar-refractivity contribution in [2.75, 3.05) is 32.7 Å². The number of nitrogens with two attached hydrogens (primary N) is 1. The second-order valence-electron chi connectivity index (χ2n) is 5.31. The Morgan fingerprint density at radius 1 is 1.25 bits per heavy atom. The zero-order chi connectivity index (χ0) is 14.4. The van der Waals surface area contributed by atoms with Crippen molar-refractivity contribution in [2.45, 2.75) is 19.6 Å². The van der Waals surface area contributed by atoms with Gasteiger partial charge in [0.15, 0.2) is 0 Å². The summed E-state index contributed by atoms with van der Waals surface area (Å²) >= 11 is 0. The summed E-state index contributed by atoms with van der Waals surface area (Å²) in [5.41, 5.74) is 6.79. The van der Waals surface area contributed by atoms with Crippen LogP contribution < -0.4 is 5.73 Å². The maximum Gasteiger partial charge on any atom is 0.410 e. The molecule has 2 N–H and O–H groups in total. The van der Waals surface area contributed by atoms with E-state index in [1.807, 2.05) is 37.3 Å². The Morgan fingerprint density at radius 3 is 2.50 bits per heavy atom. The van der Waals surface area contributed by atoms with Crippen LogP contribution in [0.15, 0.2) is 30.3 Å². The summed E-state index contributed by atoms with van der Waals surface area (Å²) in [5.74, 6) is 0. The highest BCUT2D eigenvalue weighted by Crippen LogP contribution is 2.07. The van der Waals surface area contributed by atoms with E-state index in [-0.39, 0.29) is 12.1 Å². The number of hydrogen-bond donors (Lipinski definition) is 1. The van der Waals surface area contributed by atoms with E-state index in [9.17, 15) is 4.79 Å². The quantitative estimate of drug-likeness (QED) is 0.901. The Labute approximate surface area is 120 Å². The van der Waals surface area contributed by atoms with Crippen molar-refractivity contribution < 1.29 is 9.53 Å². The number of carbonyl (C=O) groups is 1. The molecule has 1 aliphatic rings. The van der Waals surface area contributed by atoms with E-state index in [1.54, 1.807) is 4.90 Å². The highest BCUT2D eigenvalue weighted by molar-refractivity contribution is 5.67. The number of benzene rings is 1.